The Morgan fingerprint density at radius 2 is 1.60 bits per heavy atom. The zero-order valence-corrected chi connectivity index (χ0v) is 15.8. The van der Waals surface area contributed by atoms with Gasteiger partial charge in [0, 0.05) is 11.0 Å². The summed E-state index contributed by atoms with van der Waals surface area (Å²) >= 11 is 0. The summed E-state index contributed by atoms with van der Waals surface area (Å²) in [5.74, 6) is 2.39. The molecule has 0 aromatic heterocycles. The van der Waals surface area contributed by atoms with E-state index in [-0.39, 0.29) is 11.7 Å². The first-order chi connectivity index (χ1) is 12.3. The lowest BCUT2D eigenvalue weighted by atomic mass is 9.65. The average Bonchev–Trinajstić information content (AvgIpc) is 2.81. The van der Waals surface area contributed by atoms with E-state index in [2.05, 4.69) is 37.3 Å². The largest absolute Gasteiger partial charge is 0.348 e. The second-order valence-electron chi connectivity index (χ2n) is 8.94. The van der Waals surface area contributed by atoms with E-state index in [9.17, 15) is 0 Å². The van der Waals surface area contributed by atoms with Crippen LogP contribution in [-0.4, -0.2) is 19.5 Å². The molecule has 2 heteroatoms. The van der Waals surface area contributed by atoms with Crippen LogP contribution in [0.5, 0.6) is 0 Å². The van der Waals surface area contributed by atoms with Gasteiger partial charge in [0.15, 0.2) is 6.29 Å². The Hall–Kier alpha value is -0.860. The molecule has 0 radical (unpaired) electrons. The molecular formula is C23H34O2. The summed E-state index contributed by atoms with van der Waals surface area (Å²) in [4.78, 5) is 0. The Labute approximate surface area is 153 Å². The maximum Gasteiger partial charge on any atom is 0.183 e. The summed E-state index contributed by atoms with van der Waals surface area (Å²) < 4.78 is 12.6. The first-order valence-corrected chi connectivity index (χ1v) is 10.6. The van der Waals surface area contributed by atoms with Gasteiger partial charge in [-0.2, -0.15) is 0 Å². The fraction of sp³-hybridized carbons (Fsp3) is 0.739. The molecule has 0 aromatic carbocycles. The van der Waals surface area contributed by atoms with Crippen molar-refractivity contribution in [3.8, 4) is 0 Å². The van der Waals surface area contributed by atoms with E-state index >= 15 is 0 Å². The van der Waals surface area contributed by atoms with Crippen molar-refractivity contribution in [3.05, 3.63) is 36.0 Å². The molecule has 3 aliphatic carbocycles. The van der Waals surface area contributed by atoms with E-state index in [1.54, 1.807) is 0 Å². The van der Waals surface area contributed by atoms with Crippen LogP contribution < -0.4 is 0 Å². The predicted molar refractivity (Wildman–Crippen MR) is 102 cm³/mol. The quantitative estimate of drug-likeness (QED) is 0.607. The van der Waals surface area contributed by atoms with Crippen molar-refractivity contribution in [2.75, 3.05) is 13.2 Å². The van der Waals surface area contributed by atoms with E-state index in [0.717, 1.165) is 31.5 Å². The van der Waals surface area contributed by atoms with Crippen molar-refractivity contribution >= 4 is 0 Å². The highest BCUT2D eigenvalue weighted by Crippen LogP contribution is 2.47. The summed E-state index contributed by atoms with van der Waals surface area (Å²) in [6.07, 6.45) is 23.3. The van der Waals surface area contributed by atoms with Gasteiger partial charge in [0.05, 0.1) is 13.2 Å². The van der Waals surface area contributed by atoms with Gasteiger partial charge in [-0.15, -0.1) is 0 Å². The minimum Gasteiger partial charge on any atom is -0.348 e. The van der Waals surface area contributed by atoms with Gasteiger partial charge >= 0.3 is 0 Å². The highest BCUT2D eigenvalue weighted by atomic mass is 16.7. The van der Waals surface area contributed by atoms with Crippen molar-refractivity contribution in [2.24, 2.45) is 23.2 Å². The lowest BCUT2D eigenvalue weighted by molar-refractivity contribution is -0.221. The van der Waals surface area contributed by atoms with Crippen LogP contribution in [0.4, 0.5) is 0 Å². The molecule has 25 heavy (non-hydrogen) atoms. The number of hydrogen-bond acceptors (Lipinski definition) is 2. The zero-order chi connectivity index (χ0) is 17.1. The smallest absolute Gasteiger partial charge is 0.183 e. The van der Waals surface area contributed by atoms with Gasteiger partial charge in [-0.25, -0.2) is 0 Å². The number of allylic oxidation sites excluding steroid dienone is 4. The summed E-state index contributed by atoms with van der Waals surface area (Å²) in [5.41, 5.74) is 1.46. The third-order valence-electron chi connectivity index (χ3n) is 6.90. The molecule has 0 N–H and O–H groups in total. The van der Waals surface area contributed by atoms with E-state index in [0.29, 0.717) is 5.92 Å². The number of hydrogen-bond donors (Lipinski definition) is 0. The Bertz CT molecular complexity index is 510. The molecule has 1 heterocycles. The van der Waals surface area contributed by atoms with Crippen LogP contribution in [0, 0.1) is 23.2 Å². The van der Waals surface area contributed by atoms with Crippen LogP contribution in [0.2, 0.25) is 0 Å². The molecule has 0 amide bonds. The third-order valence-corrected chi connectivity index (χ3v) is 6.90. The summed E-state index contributed by atoms with van der Waals surface area (Å²) in [6, 6.07) is 0. The second-order valence-corrected chi connectivity index (χ2v) is 8.94. The summed E-state index contributed by atoms with van der Waals surface area (Å²) in [5, 5.41) is 0. The normalized spacial score (nSPS) is 30.4. The molecule has 1 atom stereocenters. The van der Waals surface area contributed by atoms with Crippen molar-refractivity contribution < 1.29 is 9.47 Å². The standard InChI is InChI=1S/C23H34O2/c1-2-18-6-5-11-21(13-12-18)22-24-16-23(17-25-22,14-19-7-3-8-19)15-20-9-4-10-20/h5-6,11-13,18-20,22H,2-4,7-10,14-17H2,1H3. The van der Waals surface area contributed by atoms with E-state index in [1.165, 1.54) is 56.9 Å². The van der Waals surface area contributed by atoms with Crippen LogP contribution in [0.15, 0.2) is 36.0 Å². The summed E-state index contributed by atoms with van der Waals surface area (Å²) in [7, 11) is 0. The highest BCUT2D eigenvalue weighted by Gasteiger charge is 2.42. The first-order valence-electron chi connectivity index (χ1n) is 10.6. The lowest BCUT2D eigenvalue weighted by Crippen LogP contribution is -2.45. The number of ether oxygens (including phenoxy) is 2. The molecule has 3 fully saturated rings. The predicted octanol–water partition coefficient (Wildman–Crippen LogP) is 5.80. The Kier molecular flexibility index (Phi) is 5.47. The van der Waals surface area contributed by atoms with Gasteiger partial charge in [0.25, 0.3) is 0 Å². The van der Waals surface area contributed by atoms with Gasteiger partial charge in [-0.05, 0) is 37.0 Å². The minimum atomic E-state index is -0.174. The van der Waals surface area contributed by atoms with E-state index in [4.69, 9.17) is 9.47 Å². The third kappa shape index (κ3) is 4.11. The molecule has 2 saturated carbocycles. The first kappa shape index (κ1) is 17.5. The molecule has 138 valence electrons. The van der Waals surface area contributed by atoms with Crippen LogP contribution in [0.25, 0.3) is 0 Å². The van der Waals surface area contributed by atoms with Crippen molar-refractivity contribution in [1.82, 2.24) is 0 Å². The van der Waals surface area contributed by atoms with Gasteiger partial charge in [0.2, 0.25) is 0 Å². The van der Waals surface area contributed by atoms with Crippen LogP contribution in [-0.2, 0) is 9.47 Å². The molecule has 2 nitrogen and oxygen atoms in total. The fourth-order valence-electron chi connectivity index (χ4n) is 4.82. The van der Waals surface area contributed by atoms with E-state index in [1.807, 2.05) is 0 Å². The Morgan fingerprint density at radius 3 is 2.12 bits per heavy atom. The zero-order valence-electron chi connectivity index (χ0n) is 15.8. The van der Waals surface area contributed by atoms with Crippen LogP contribution in [0.3, 0.4) is 0 Å². The molecular weight excluding hydrogens is 308 g/mol. The molecule has 0 spiro atoms. The van der Waals surface area contributed by atoms with Crippen LogP contribution >= 0.6 is 0 Å². The average molecular weight is 343 g/mol. The molecule has 1 unspecified atom stereocenters. The number of rotatable bonds is 6. The van der Waals surface area contributed by atoms with Crippen LogP contribution in [0.1, 0.15) is 64.7 Å². The van der Waals surface area contributed by atoms with E-state index < -0.39 is 0 Å². The molecule has 0 aromatic rings. The van der Waals surface area contributed by atoms with Gasteiger partial charge in [0.1, 0.15) is 0 Å². The SMILES string of the molecule is CCC1C=CC=C(C2OCC(CC3CCC3)(CC3CCC3)CO2)C=C1. The molecule has 0 bridgehead atoms. The Morgan fingerprint density at radius 1 is 0.960 bits per heavy atom. The summed E-state index contributed by atoms with van der Waals surface area (Å²) in [6.45, 7) is 4.00. The Balaban J connectivity index is 1.38. The second kappa shape index (κ2) is 7.80. The van der Waals surface area contributed by atoms with Gasteiger partial charge in [-0.3, -0.25) is 0 Å². The monoisotopic (exact) mass is 342 g/mol. The van der Waals surface area contributed by atoms with Crippen molar-refractivity contribution in [2.45, 2.75) is 71.0 Å². The van der Waals surface area contributed by atoms with Gasteiger partial charge < -0.3 is 9.47 Å². The van der Waals surface area contributed by atoms with Crippen molar-refractivity contribution in [3.63, 3.8) is 0 Å². The van der Waals surface area contributed by atoms with Crippen molar-refractivity contribution in [1.29, 1.82) is 0 Å². The molecule has 4 aliphatic rings. The lowest BCUT2D eigenvalue weighted by Gasteiger charge is -2.46. The molecule has 1 aliphatic heterocycles. The topological polar surface area (TPSA) is 18.5 Å². The van der Waals surface area contributed by atoms with Gasteiger partial charge in [-0.1, -0.05) is 75.8 Å². The minimum absolute atomic E-state index is 0.174. The molecule has 1 saturated heterocycles. The highest BCUT2D eigenvalue weighted by molar-refractivity contribution is 5.30. The maximum absolute atomic E-state index is 6.32. The molecule has 4 rings (SSSR count). The maximum atomic E-state index is 6.32. The fourth-order valence-corrected chi connectivity index (χ4v) is 4.82.